The molecule has 0 fully saturated rings. The smallest absolute Gasteiger partial charge is 0.407 e. The number of rotatable bonds is 6. The molecule has 1 amide bonds. The molecule has 142 valence electrons. The highest BCUT2D eigenvalue weighted by atomic mass is 32.1. The van der Waals surface area contributed by atoms with Crippen LogP contribution in [0.4, 0.5) is 4.79 Å². The number of carbonyl (C=O) groups excluding carboxylic acids is 1. The standard InChI is InChI=1S/C22H19NO4S/c24-21(25)12-19(20-10-5-11-28-20)23-22(26)27-13-18-16-8-3-1-6-14(16)15-7-2-4-9-17(15)18/h1-11,18-19H,12-13H2,(H,23,26)(H,24,25). The second kappa shape index (κ2) is 7.86. The quantitative estimate of drug-likeness (QED) is 0.631. The fraction of sp³-hybridized carbons (Fsp3) is 0.182. The number of hydrogen-bond acceptors (Lipinski definition) is 4. The van der Waals surface area contributed by atoms with Gasteiger partial charge in [0.1, 0.15) is 6.61 Å². The summed E-state index contributed by atoms with van der Waals surface area (Å²) < 4.78 is 5.51. The molecule has 1 aliphatic carbocycles. The van der Waals surface area contributed by atoms with Crippen LogP contribution in [0.2, 0.25) is 0 Å². The highest BCUT2D eigenvalue weighted by molar-refractivity contribution is 7.10. The second-order valence-corrected chi connectivity index (χ2v) is 7.62. The highest BCUT2D eigenvalue weighted by Gasteiger charge is 2.29. The molecular weight excluding hydrogens is 374 g/mol. The van der Waals surface area contributed by atoms with Crippen LogP contribution in [-0.4, -0.2) is 23.8 Å². The molecule has 1 aliphatic rings. The summed E-state index contributed by atoms with van der Waals surface area (Å²) in [4.78, 5) is 24.3. The van der Waals surface area contributed by atoms with Crippen molar-refractivity contribution >= 4 is 23.4 Å². The molecule has 0 spiro atoms. The van der Waals surface area contributed by atoms with Crippen molar-refractivity contribution in [1.82, 2.24) is 5.32 Å². The third kappa shape index (κ3) is 3.64. The minimum absolute atomic E-state index is 0.0298. The molecule has 6 heteroatoms. The Hall–Kier alpha value is -3.12. The average Bonchev–Trinajstić information content (AvgIpc) is 3.32. The number of hydrogen-bond donors (Lipinski definition) is 2. The van der Waals surface area contributed by atoms with E-state index in [-0.39, 0.29) is 18.9 Å². The molecule has 2 aromatic carbocycles. The van der Waals surface area contributed by atoms with Crippen LogP contribution < -0.4 is 5.32 Å². The number of aliphatic carboxylic acids is 1. The predicted octanol–water partition coefficient (Wildman–Crippen LogP) is 4.80. The number of carbonyl (C=O) groups is 2. The van der Waals surface area contributed by atoms with Crippen LogP contribution in [0.5, 0.6) is 0 Å². The Labute approximate surface area is 166 Å². The van der Waals surface area contributed by atoms with E-state index in [1.807, 2.05) is 41.8 Å². The van der Waals surface area contributed by atoms with Crippen LogP contribution in [0.3, 0.4) is 0 Å². The van der Waals surface area contributed by atoms with Crippen LogP contribution in [0.15, 0.2) is 66.0 Å². The summed E-state index contributed by atoms with van der Waals surface area (Å²) in [6, 6.07) is 19.3. The maximum atomic E-state index is 12.4. The van der Waals surface area contributed by atoms with E-state index in [0.717, 1.165) is 27.1 Å². The minimum Gasteiger partial charge on any atom is -0.481 e. The van der Waals surface area contributed by atoms with Crippen molar-refractivity contribution in [1.29, 1.82) is 0 Å². The maximum Gasteiger partial charge on any atom is 0.407 e. The number of benzene rings is 2. The highest BCUT2D eigenvalue weighted by Crippen LogP contribution is 2.44. The van der Waals surface area contributed by atoms with Crippen LogP contribution in [-0.2, 0) is 9.53 Å². The number of amides is 1. The van der Waals surface area contributed by atoms with Crippen LogP contribution in [0, 0.1) is 0 Å². The molecule has 0 saturated heterocycles. The lowest BCUT2D eigenvalue weighted by molar-refractivity contribution is -0.137. The zero-order chi connectivity index (χ0) is 19.5. The molecule has 1 heterocycles. The number of carboxylic acids is 1. The van der Waals surface area contributed by atoms with Gasteiger partial charge in [0.05, 0.1) is 12.5 Å². The molecule has 1 atom stereocenters. The van der Waals surface area contributed by atoms with E-state index in [1.165, 1.54) is 11.3 Å². The summed E-state index contributed by atoms with van der Waals surface area (Å²) in [5.41, 5.74) is 4.59. The Morgan fingerprint density at radius 1 is 1.00 bits per heavy atom. The summed E-state index contributed by atoms with van der Waals surface area (Å²) in [5, 5.41) is 13.7. The van der Waals surface area contributed by atoms with E-state index in [0.29, 0.717) is 0 Å². The van der Waals surface area contributed by atoms with Crippen LogP contribution in [0.1, 0.15) is 34.4 Å². The second-order valence-electron chi connectivity index (χ2n) is 6.64. The Kier molecular flexibility index (Phi) is 5.12. The zero-order valence-electron chi connectivity index (χ0n) is 15.0. The van der Waals surface area contributed by atoms with Crippen molar-refractivity contribution in [2.24, 2.45) is 0 Å². The van der Waals surface area contributed by atoms with E-state index >= 15 is 0 Å². The number of thiophene rings is 1. The minimum atomic E-state index is -0.975. The van der Waals surface area contributed by atoms with Gasteiger partial charge in [-0.05, 0) is 33.7 Å². The molecule has 28 heavy (non-hydrogen) atoms. The van der Waals surface area contributed by atoms with E-state index in [2.05, 4.69) is 29.6 Å². The molecule has 1 unspecified atom stereocenters. The van der Waals surface area contributed by atoms with Crippen molar-refractivity contribution in [3.05, 3.63) is 82.0 Å². The van der Waals surface area contributed by atoms with E-state index in [1.54, 1.807) is 0 Å². The first-order valence-electron chi connectivity index (χ1n) is 9.00. The van der Waals surface area contributed by atoms with E-state index < -0.39 is 18.1 Å². The Balaban J connectivity index is 1.47. The van der Waals surface area contributed by atoms with E-state index in [9.17, 15) is 9.59 Å². The van der Waals surface area contributed by atoms with Crippen molar-refractivity contribution in [3.8, 4) is 11.1 Å². The first-order chi connectivity index (χ1) is 13.6. The van der Waals surface area contributed by atoms with Gasteiger partial charge in [-0.15, -0.1) is 11.3 Å². The van der Waals surface area contributed by atoms with Gasteiger partial charge in [0.25, 0.3) is 0 Å². The van der Waals surface area contributed by atoms with Gasteiger partial charge in [-0.1, -0.05) is 54.6 Å². The molecule has 0 aliphatic heterocycles. The van der Waals surface area contributed by atoms with Gasteiger partial charge in [0.15, 0.2) is 0 Å². The first kappa shape index (κ1) is 18.3. The first-order valence-corrected chi connectivity index (χ1v) is 9.88. The largest absolute Gasteiger partial charge is 0.481 e. The summed E-state index contributed by atoms with van der Waals surface area (Å²) in [5.74, 6) is -1.00. The number of alkyl carbamates (subject to hydrolysis) is 1. The molecule has 3 aromatic rings. The molecule has 5 nitrogen and oxygen atoms in total. The van der Waals surface area contributed by atoms with Gasteiger partial charge < -0.3 is 15.2 Å². The SMILES string of the molecule is O=C(O)CC(NC(=O)OCC1c2ccccc2-c2ccccc21)c1cccs1. The molecule has 0 saturated carbocycles. The summed E-state index contributed by atoms with van der Waals surface area (Å²) in [6.45, 7) is 0.199. The fourth-order valence-electron chi connectivity index (χ4n) is 3.67. The molecule has 4 rings (SSSR count). The lowest BCUT2D eigenvalue weighted by Crippen LogP contribution is -2.31. The monoisotopic (exact) mass is 393 g/mol. The van der Waals surface area contributed by atoms with Gasteiger partial charge in [0.2, 0.25) is 0 Å². The lowest BCUT2D eigenvalue weighted by Gasteiger charge is -2.18. The summed E-state index contributed by atoms with van der Waals surface area (Å²) in [7, 11) is 0. The van der Waals surface area contributed by atoms with Gasteiger partial charge in [-0.25, -0.2) is 4.79 Å². The van der Waals surface area contributed by atoms with Gasteiger partial charge in [0, 0.05) is 10.8 Å². The molecule has 2 N–H and O–H groups in total. The van der Waals surface area contributed by atoms with Gasteiger partial charge >= 0.3 is 12.1 Å². The van der Waals surface area contributed by atoms with Crippen molar-refractivity contribution in [3.63, 3.8) is 0 Å². The number of fused-ring (bicyclic) bond motifs is 3. The maximum absolute atomic E-state index is 12.4. The Morgan fingerprint density at radius 3 is 2.21 bits per heavy atom. The zero-order valence-corrected chi connectivity index (χ0v) is 15.8. The Bertz CT molecular complexity index is 954. The normalized spacial score (nSPS) is 13.4. The van der Waals surface area contributed by atoms with Gasteiger partial charge in [-0.3, -0.25) is 4.79 Å². The van der Waals surface area contributed by atoms with Crippen molar-refractivity contribution in [2.75, 3.05) is 6.61 Å². The van der Waals surface area contributed by atoms with Crippen molar-refractivity contribution in [2.45, 2.75) is 18.4 Å². The molecule has 0 bridgehead atoms. The topological polar surface area (TPSA) is 75.6 Å². The van der Waals surface area contributed by atoms with Crippen LogP contribution in [0.25, 0.3) is 11.1 Å². The number of nitrogens with one attached hydrogen (secondary N) is 1. The molecule has 1 aromatic heterocycles. The van der Waals surface area contributed by atoms with Gasteiger partial charge in [-0.2, -0.15) is 0 Å². The predicted molar refractivity (Wildman–Crippen MR) is 108 cm³/mol. The molecule has 0 radical (unpaired) electrons. The van der Waals surface area contributed by atoms with E-state index in [4.69, 9.17) is 9.84 Å². The lowest BCUT2D eigenvalue weighted by atomic mass is 9.98. The number of ether oxygens (including phenoxy) is 1. The third-order valence-corrected chi connectivity index (χ3v) is 5.89. The third-order valence-electron chi connectivity index (χ3n) is 4.90. The Morgan fingerprint density at radius 2 is 1.64 bits per heavy atom. The molecular formula is C22H19NO4S. The summed E-state index contributed by atoms with van der Waals surface area (Å²) in [6.07, 6.45) is -0.799. The van der Waals surface area contributed by atoms with Crippen LogP contribution >= 0.6 is 11.3 Å². The van der Waals surface area contributed by atoms with Crippen molar-refractivity contribution < 1.29 is 19.4 Å². The average molecular weight is 393 g/mol. The fourth-order valence-corrected chi connectivity index (χ4v) is 4.45. The summed E-state index contributed by atoms with van der Waals surface area (Å²) >= 11 is 1.41. The number of carboxylic acid groups (broad SMARTS) is 1.